The van der Waals surface area contributed by atoms with Crippen LogP contribution < -0.4 is 4.90 Å². The molecule has 1 aromatic heterocycles. The number of nitrogens with zero attached hydrogens (tertiary/aromatic N) is 2. The van der Waals surface area contributed by atoms with Gasteiger partial charge >= 0.3 is 5.97 Å². The number of hydrogen-bond acceptors (Lipinski definition) is 6. The van der Waals surface area contributed by atoms with E-state index in [2.05, 4.69) is 12.2 Å². The number of aryl methyl sites for hydroxylation is 2. The molecule has 7 nitrogen and oxygen atoms in total. The predicted octanol–water partition coefficient (Wildman–Crippen LogP) is 6.50. The molecule has 2 saturated carbocycles. The summed E-state index contributed by atoms with van der Waals surface area (Å²) in [4.78, 5) is 60.0. The number of para-hydroxylation sites is 1. The Morgan fingerprint density at radius 2 is 1.51 bits per heavy atom. The smallest absolute Gasteiger partial charge is 0.339 e. The number of pyridine rings is 1. The molecule has 0 spiro atoms. The van der Waals surface area contributed by atoms with Gasteiger partial charge in [0.25, 0.3) is 0 Å². The van der Waals surface area contributed by atoms with Crippen LogP contribution in [0.1, 0.15) is 45.2 Å². The Bertz CT molecular complexity index is 1920. The third-order valence-electron chi connectivity index (χ3n) is 10.3. The van der Waals surface area contributed by atoms with Gasteiger partial charge in [-0.3, -0.25) is 19.3 Å². The fourth-order valence-corrected chi connectivity index (χ4v) is 7.93. The quantitative estimate of drug-likeness (QED) is 0.109. The van der Waals surface area contributed by atoms with Crippen molar-refractivity contribution in [1.29, 1.82) is 0 Å². The molecule has 2 amide bonds. The maximum absolute atomic E-state index is 13.6. The lowest BCUT2D eigenvalue weighted by Gasteiger charge is -2.37. The Morgan fingerprint density at radius 1 is 0.867 bits per heavy atom. The number of imide groups is 1. The zero-order valence-electron chi connectivity index (χ0n) is 25.3. The Kier molecular flexibility index (Phi) is 6.17. The summed E-state index contributed by atoms with van der Waals surface area (Å²) in [5.74, 6) is -0.156. The molecular weight excluding hydrogens is 564 g/mol. The molecule has 0 N–H and O–H groups in total. The number of amides is 2. The molecule has 3 fully saturated rings. The van der Waals surface area contributed by atoms with E-state index >= 15 is 0 Å². The maximum Gasteiger partial charge on any atom is 0.339 e. The van der Waals surface area contributed by atoms with Crippen molar-refractivity contribution in [3.63, 3.8) is 0 Å². The van der Waals surface area contributed by atoms with E-state index in [1.807, 2.05) is 56.3 Å². The van der Waals surface area contributed by atoms with E-state index in [9.17, 15) is 19.2 Å². The minimum absolute atomic E-state index is 0.0961. The van der Waals surface area contributed by atoms with Gasteiger partial charge in [-0.15, -0.1) is 0 Å². The number of carbonyl (C=O) groups excluding carboxylic acids is 4. The van der Waals surface area contributed by atoms with Crippen LogP contribution in [0.2, 0.25) is 0 Å². The summed E-state index contributed by atoms with van der Waals surface area (Å²) in [6.07, 6.45) is 4.49. The normalized spacial score (nSPS) is 26.5. The van der Waals surface area contributed by atoms with Crippen molar-refractivity contribution in [2.75, 3.05) is 4.90 Å². The van der Waals surface area contributed by atoms with Gasteiger partial charge in [0, 0.05) is 16.5 Å². The van der Waals surface area contributed by atoms with Crippen LogP contribution in [0.3, 0.4) is 0 Å². The van der Waals surface area contributed by atoms with Crippen LogP contribution in [0.25, 0.3) is 22.2 Å². The molecule has 0 radical (unpaired) electrons. The van der Waals surface area contributed by atoms with E-state index in [1.165, 1.54) is 4.90 Å². The highest BCUT2D eigenvalue weighted by Crippen LogP contribution is 2.65. The monoisotopic (exact) mass is 596 g/mol. The third kappa shape index (κ3) is 4.28. The molecule has 4 aromatic rings. The molecule has 4 aliphatic carbocycles. The van der Waals surface area contributed by atoms with Gasteiger partial charge in [-0.2, -0.15) is 0 Å². The molecule has 2 bridgehead atoms. The van der Waals surface area contributed by atoms with Gasteiger partial charge in [0.2, 0.25) is 17.6 Å². The van der Waals surface area contributed by atoms with E-state index in [-0.39, 0.29) is 41.3 Å². The molecule has 45 heavy (non-hydrogen) atoms. The van der Waals surface area contributed by atoms with Crippen molar-refractivity contribution < 1.29 is 23.9 Å². The predicted molar refractivity (Wildman–Crippen MR) is 169 cm³/mol. The van der Waals surface area contributed by atoms with E-state index < -0.39 is 12.1 Å². The second-order valence-electron chi connectivity index (χ2n) is 13.0. The van der Waals surface area contributed by atoms with Crippen LogP contribution in [0.15, 0.2) is 84.9 Å². The fourth-order valence-electron chi connectivity index (χ4n) is 7.93. The minimum atomic E-state index is -0.980. The molecule has 1 saturated heterocycles. The van der Waals surface area contributed by atoms with E-state index in [0.717, 1.165) is 23.1 Å². The van der Waals surface area contributed by atoms with Crippen molar-refractivity contribution in [3.8, 4) is 11.3 Å². The number of benzene rings is 3. The summed E-state index contributed by atoms with van der Waals surface area (Å²) in [6, 6.07) is 21.7. The summed E-state index contributed by atoms with van der Waals surface area (Å²) in [6.45, 7) is 5.45. The second kappa shape index (κ2) is 10.1. The highest BCUT2D eigenvalue weighted by atomic mass is 16.5. The van der Waals surface area contributed by atoms with Gasteiger partial charge in [0.15, 0.2) is 6.10 Å². The van der Waals surface area contributed by atoms with Crippen molar-refractivity contribution in [1.82, 2.24) is 4.98 Å². The number of ketones is 1. The molecule has 7 unspecified atom stereocenters. The van der Waals surface area contributed by atoms with E-state index in [1.54, 1.807) is 37.3 Å². The summed E-state index contributed by atoms with van der Waals surface area (Å²) in [7, 11) is 0. The lowest BCUT2D eigenvalue weighted by atomic mass is 9.63. The highest BCUT2D eigenvalue weighted by Gasteiger charge is 2.67. The average molecular weight is 597 g/mol. The van der Waals surface area contributed by atoms with Gasteiger partial charge in [-0.25, -0.2) is 9.78 Å². The number of fused-ring (bicyclic) bond motifs is 1. The number of ether oxygens (including phenoxy) is 1. The average Bonchev–Trinajstić information content (AvgIpc) is 3.83. The van der Waals surface area contributed by atoms with Gasteiger partial charge < -0.3 is 4.74 Å². The van der Waals surface area contributed by atoms with Crippen LogP contribution in [0.5, 0.6) is 0 Å². The number of aromatic nitrogens is 1. The van der Waals surface area contributed by atoms with E-state index in [4.69, 9.17) is 9.72 Å². The minimum Gasteiger partial charge on any atom is -0.451 e. The summed E-state index contributed by atoms with van der Waals surface area (Å²) in [5.41, 5.74) is 5.18. The number of carbonyl (C=O) groups is 4. The molecular formula is C38H32N2O5. The first-order valence-corrected chi connectivity index (χ1v) is 15.6. The third-order valence-corrected chi connectivity index (χ3v) is 10.3. The van der Waals surface area contributed by atoms with Crippen molar-refractivity contribution in [2.45, 2.75) is 33.3 Å². The van der Waals surface area contributed by atoms with E-state index in [0.29, 0.717) is 45.2 Å². The van der Waals surface area contributed by atoms with Crippen molar-refractivity contribution >= 4 is 40.2 Å². The summed E-state index contributed by atoms with van der Waals surface area (Å²) < 4.78 is 5.71. The fraction of sp³-hybridized carbons (Fsp3) is 0.289. The standard InChI is InChI=1S/C38H32N2O5/c1-19-7-9-23(10-8-19)35(41)21(3)45-38(44)30-18-31(39-34-20(2)5-4-6-27(30)34)22-11-13-24(14-12-22)40-36(42)32-25-15-16-26(29-17-28(25)29)33(32)37(40)43/h4-16,18,21,25-26,28-29,32-33H,17H2,1-3H3. The van der Waals surface area contributed by atoms with Gasteiger partial charge in [0.05, 0.1) is 34.3 Å². The number of esters is 1. The second-order valence-corrected chi connectivity index (χ2v) is 13.0. The highest BCUT2D eigenvalue weighted by molar-refractivity contribution is 6.22. The molecule has 7 atom stereocenters. The van der Waals surface area contributed by atoms with Crippen molar-refractivity contribution in [2.24, 2.45) is 35.5 Å². The first-order chi connectivity index (χ1) is 21.7. The Labute approximate surface area is 260 Å². The largest absolute Gasteiger partial charge is 0.451 e. The molecule has 224 valence electrons. The lowest BCUT2D eigenvalue weighted by Crippen LogP contribution is -2.40. The number of rotatable bonds is 6. The zero-order valence-corrected chi connectivity index (χ0v) is 25.3. The molecule has 5 aliphatic rings. The SMILES string of the molecule is Cc1ccc(C(=O)C(C)OC(=O)c2cc(-c3ccc(N4C(=O)C5C6C=CC(C7CC67)C5C4=O)cc3)nc3c(C)cccc23)cc1. The van der Waals surface area contributed by atoms with Crippen LogP contribution in [-0.2, 0) is 14.3 Å². The number of Topliss-reactive ketones (excluding diaryl/α,β-unsaturated/α-hetero) is 1. The van der Waals surface area contributed by atoms with Crippen LogP contribution in [0.4, 0.5) is 5.69 Å². The van der Waals surface area contributed by atoms with Gasteiger partial charge in [-0.05, 0) is 74.6 Å². The molecule has 1 aliphatic heterocycles. The molecule has 2 heterocycles. The Balaban J connectivity index is 1.09. The zero-order chi connectivity index (χ0) is 31.1. The van der Waals surface area contributed by atoms with Gasteiger partial charge in [-0.1, -0.05) is 72.3 Å². The van der Waals surface area contributed by atoms with Crippen LogP contribution >= 0.6 is 0 Å². The maximum atomic E-state index is 13.6. The molecule has 3 aromatic carbocycles. The first-order valence-electron chi connectivity index (χ1n) is 15.6. The number of anilines is 1. The van der Waals surface area contributed by atoms with Crippen LogP contribution in [0, 0.1) is 49.4 Å². The van der Waals surface area contributed by atoms with Gasteiger partial charge in [0.1, 0.15) is 0 Å². The number of allylic oxidation sites excluding steroid dienone is 2. The first kappa shape index (κ1) is 27.6. The van der Waals surface area contributed by atoms with Crippen LogP contribution in [-0.4, -0.2) is 34.7 Å². The summed E-state index contributed by atoms with van der Waals surface area (Å²) >= 11 is 0. The summed E-state index contributed by atoms with van der Waals surface area (Å²) in [5, 5.41) is 0.632. The molecule has 9 rings (SSSR count). The Hall–Kier alpha value is -4.91. The lowest BCUT2D eigenvalue weighted by molar-refractivity contribution is -0.124. The Morgan fingerprint density at radius 3 is 2.16 bits per heavy atom. The van der Waals surface area contributed by atoms with Crippen molar-refractivity contribution in [3.05, 3.63) is 107 Å². The number of hydrogen-bond donors (Lipinski definition) is 0. The molecule has 7 heteroatoms. The topological polar surface area (TPSA) is 93.6 Å².